The smallest absolute Gasteiger partial charge is 0.321 e. The summed E-state index contributed by atoms with van der Waals surface area (Å²) < 4.78 is 32.3. The van der Waals surface area contributed by atoms with Crippen LogP contribution >= 0.6 is 22.9 Å². The zero-order valence-electron chi connectivity index (χ0n) is 14.6. The van der Waals surface area contributed by atoms with Crippen molar-refractivity contribution >= 4 is 50.5 Å². The van der Waals surface area contributed by atoms with Crippen LogP contribution in [0.15, 0.2) is 52.6 Å². The summed E-state index contributed by atoms with van der Waals surface area (Å²) in [6, 6.07) is 7.74. The van der Waals surface area contributed by atoms with Crippen LogP contribution in [0.2, 0.25) is 5.02 Å². The molecule has 0 spiro atoms. The van der Waals surface area contributed by atoms with Crippen LogP contribution in [0.3, 0.4) is 0 Å². The van der Waals surface area contributed by atoms with E-state index < -0.39 is 35.1 Å². The highest BCUT2D eigenvalue weighted by molar-refractivity contribution is 7.91. The van der Waals surface area contributed by atoms with Crippen molar-refractivity contribution in [2.75, 3.05) is 18.5 Å². The molecule has 0 aliphatic carbocycles. The van der Waals surface area contributed by atoms with Crippen LogP contribution in [-0.2, 0) is 24.3 Å². The fraction of sp³-hybridized carbons (Fsp3) is 0.125. The molecule has 1 amide bonds. The number of benzene rings is 1. The summed E-state index contributed by atoms with van der Waals surface area (Å²) in [6.07, 6.45) is 2.78. The minimum absolute atomic E-state index is 0.0737. The number of amides is 1. The van der Waals surface area contributed by atoms with Gasteiger partial charge in [0.15, 0.2) is 6.61 Å². The lowest BCUT2D eigenvalue weighted by Gasteiger charge is -2.11. The van der Waals surface area contributed by atoms with E-state index in [1.54, 1.807) is 23.6 Å². The van der Waals surface area contributed by atoms with Gasteiger partial charge in [0.2, 0.25) is 0 Å². The van der Waals surface area contributed by atoms with Crippen molar-refractivity contribution in [1.29, 1.82) is 0 Å². The van der Waals surface area contributed by atoms with Crippen LogP contribution in [0.5, 0.6) is 0 Å². The van der Waals surface area contributed by atoms with E-state index in [1.165, 1.54) is 29.5 Å². The van der Waals surface area contributed by atoms with E-state index in [0.29, 0.717) is 16.4 Å². The fourth-order valence-electron chi connectivity index (χ4n) is 2.17. The third kappa shape index (κ3) is 5.60. The maximum absolute atomic E-state index is 12.1. The van der Waals surface area contributed by atoms with E-state index in [-0.39, 0.29) is 4.21 Å². The topological polar surface area (TPSA) is 132 Å². The zero-order valence-corrected chi connectivity index (χ0v) is 17.0. The van der Waals surface area contributed by atoms with Crippen LogP contribution in [-0.4, -0.2) is 48.2 Å². The largest absolute Gasteiger partial charge is 0.455 e. The number of hydrogen-bond acceptors (Lipinski definition) is 8. The second-order valence-electron chi connectivity index (χ2n) is 5.47. The summed E-state index contributed by atoms with van der Waals surface area (Å²) in [5.41, 5.74) is 0.845. The number of thiophene rings is 1. The van der Waals surface area contributed by atoms with Crippen molar-refractivity contribution < 1.29 is 22.7 Å². The van der Waals surface area contributed by atoms with Gasteiger partial charge in [-0.3, -0.25) is 9.59 Å². The van der Waals surface area contributed by atoms with Crippen molar-refractivity contribution in [3.8, 4) is 5.69 Å². The van der Waals surface area contributed by atoms with Gasteiger partial charge in [-0.15, -0.1) is 11.3 Å². The van der Waals surface area contributed by atoms with Gasteiger partial charge in [-0.05, 0) is 29.6 Å². The van der Waals surface area contributed by atoms with E-state index >= 15 is 0 Å². The Labute approximate surface area is 174 Å². The van der Waals surface area contributed by atoms with E-state index in [1.807, 2.05) is 0 Å². The van der Waals surface area contributed by atoms with Crippen LogP contribution < -0.4 is 10.0 Å². The molecular weight excluding hydrogens is 442 g/mol. The SMILES string of the molecule is O=C(COC(=O)CNS(=O)(=O)c1cccs1)Nc1cc(Cl)ccc1-n1cncn1. The number of carbonyl (C=O) groups is 2. The molecule has 13 heteroatoms. The summed E-state index contributed by atoms with van der Waals surface area (Å²) in [5.74, 6) is -1.54. The molecule has 0 saturated heterocycles. The lowest BCUT2D eigenvalue weighted by atomic mass is 10.2. The second kappa shape index (κ2) is 9.13. The Morgan fingerprint density at radius 2 is 2.10 bits per heavy atom. The summed E-state index contributed by atoms with van der Waals surface area (Å²) in [4.78, 5) is 27.7. The summed E-state index contributed by atoms with van der Waals surface area (Å²) in [7, 11) is -3.80. The maximum atomic E-state index is 12.1. The number of ether oxygens (including phenoxy) is 1. The molecule has 2 N–H and O–H groups in total. The van der Waals surface area contributed by atoms with E-state index in [0.717, 1.165) is 11.3 Å². The minimum Gasteiger partial charge on any atom is -0.455 e. The van der Waals surface area contributed by atoms with Gasteiger partial charge in [0.1, 0.15) is 23.4 Å². The van der Waals surface area contributed by atoms with Gasteiger partial charge in [0.25, 0.3) is 15.9 Å². The number of nitrogens with zero attached hydrogens (tertiary/aromatic N) is 3. The second-order valence-corrected chi connectivity index (χ2v) is 8.84. The molecule has 0 unspecified atom stereocenters. The van der Waals surface area contributed by atoms with Crippen LogP contribution in [0.4, 0.5) is 5.69 Å². The highest BCUT2D eigenvalue weighted by Crippen LogP contribution is 2.23. The number of hydrogen-bond donors (Lipinski definition) is 2. The van der Waals surface area contributed by atoms with Crippen LogP contribution in [0, 0.1) is 0 Å². The summed E-state index contributed by atoms with van der Waals surface area (Å²) in [6.45, 7) is -1.21. The monoisotopic (exact) mass is 455 g/mol. The first kappa shape index (κ1) is 20.9. The Morgan fingerprint density at radius 3 is 2.79 bits per heavy atom. The lowest BCUT2D eigenvalue weighted by Crippen LogP contribution is -2.32. The predicted molar refractivity (Wildman–Crippen MR) is 105 cm³/mol. The number of nitrogens with one attached hydrogen (secondary N) is 2. The first-order chi connectivity index (χ1) is 13.8. The number of anilines is 1. The number of halogens is 1. The molecule has 0 bridgehead atoms. The van der Waals surface area contributed by atoms with E-state index in [9.17, 15) is 18.0 Å². The third-order valence-electron chi connectivity index (χ3n) is 3.43. The average molecular weight is 456 g/mol. The number of sulfonamides is 1. The molecule has 1 aromatic carbocycles. The van der Waals surface area contributed by atoms with Gasteiger partial charge in [-0.25, -0.2) is 18.1 Å². The molecule has 2 aromatic heterocycles. The molecule has 0 aliphatic rings. The van der Waals surface area contributed by atoms with Crippen molar-refractivity contribution in [2.24, 2.45) is 0 Å². The molecule has 152 valence electrons. The van der Waals surface area contributed by atoms with Gasteiger partial charge in [-0.2, -0.15) is 9.82 Å². The molecule has 0 radical (unpaired) electrons. The molecule has 0 aliphatic heterocycles. The standard InChI is InChI=1S/C16H14ClN5O5S2/c17-11-3-4-13(22-10-18-9-19-22)12(6-11)21-14(23)8-27-15(24)7-20-29(25,26)16-2-1-5-28-16/h1-6,9-10,20H,7-8H2,(H,21,23). The van der Waals surface area contributed by atoms with Crippen molar-refractivity contribution in [1.82, 2.24) is 19.5 Å². The fourth-order valence-corrected chi connectivity index (χ4v) is 4.34. The Bertz CT molecular complexity index is 1100. The quantitative estimate of drug-likeness (QED) is 0.491. The van der Waals surface area contributed by atoms with Gasteiger partial charge in [0.05, 0.1) is 11.4 Å². The molecule has 0 saturated carbocycles. The number of aromatic nitrogens is 3. The summed E-state index contributed by atoms with van der Waals surface area (Å²) >= 11 is 6.98. The third-order valence-corrected chi connectivity index (χ3v) is 6.46. The van der Waals surface area contributed by atoms with Crippen LogP contribution in [0.1, 0.15) is 0 Å². The normalized spacial score (nSPS) is 11.2. The summed E-state index contributed by atoms with van der Waals surface area (Å²) in [5, 5.41) is 8.53. The first-order valence-corrected chi connectivity index (χ1v) is 10.7. The van der Waals surface area contributed by atoms with Crippen molar-refractivity contribution in [3.05, 3.63) is 53.4 Å². The molecule has 0 fully saturated rings. The number of carbonyl (C=O) groups excluding carboxylic acids is 2. The first-order valence-electron chi connectivity index (χ1n) is 7.98. The Hall–Kier alpha value is -2.80. The average Bonchev–Trinajstić information content (AvgIpc) is 3.39. The van der Waals surface area contributed by atoms with Gasteiger partial charge >= 0.3 is 5.97 Å². The van der Waals surface area contributed by atoms with Crippen molar-refractivity contribution in [3.63, 3.8) is 0 Å². The highest BCUT2D eigenvalue weighted by Gasteiger charge is 2.18. The van der Waals surface area contributed by atoms with Crippen molar-refractivity contribution in [2.45, 2.75) is 4.21 Å². The Kier molecular flexibility index (Phi) is 6.59. The predicted octanol–water partition coefficient (Wildman–Crippen LogP) is 1.44. The van der Waals surface area contributed by atoms with E-state index in [2.05, 4.69) is 20.1 Å². The molecule has 0 atom stereocenters. The minimum atomic E-state index is -3.80. The van der Waals surface area contributed by atoms with Crippen LogP contribution in [0.25, 0.3) is 5.69 Å². The van der Waals surface area contributed by atoms with Gasteiger partial charge in [-0.1, -0.05) is 17.7 Å². The molecule has 2 heterocycles. The lowest BCUT2D eigenvalue weighted by molar-refractivity contribution is -0.146. The number of esters is 1. The number of rotatable bonds is 8. The molecule has 3 rings (SSSR count). The molecule has 10 nitrogen and oxygen atoms in total. The van der Waals surface area contributed by atoms with E-state index in [4.69, 9.17) is 16.3 Å². The zero-order chi connectivity index (χ0) is 20.9. The molecule has 29 heavy (non-hydrogen) atoms. The highest BCUT2D eigenvalue weighted by atomic mass is 35.5. The van der Waals surface area contributed by atoms with Gasteiger partial charge in [0, 0.05) is 5.02 Å². The Morgan fingerprint density at radius 1 is 1.28 bits per heavy atom. The molecular formula is C16H14ClN5O5S2. The maximum Gasteiger partial charge on any atom is 0.321 e. The van der Waals surface area contributed by atoms with Gasteiger partial charge < -0.3 is 10.1 Å². The Balaban J connectivity index is 1.54. The molecule has 3 aromatic rings.